The zero-order valence-corrected chi connectivity index (χ0v) is 15.2. The molecule has 0 aliphatic carbocycles. The van der Waals surface area contributed by atoms with Gasteiger partial charge in [0.15, 0.2) is 6.61 Å². The number of hydrogen-bond donors (Lipinski definition) is 0. The minimum Gasteiger partial charge on any atom is -0.482 e. The molecular formula is C21H20O6. The van der Waals surface area contributed by atoms with Crippen molar-refractivity contribution in [3.63, 3.8) is 0 Å². The first-order valence-electron chi connectivity index (χ1n) is 8.61. The minimum atomic E-state index is -0.587. The summed E-state index contributed by atoms with van der Waals surface area (Å²) in [5.74, 6) is -0.495. The van der Waals surface area contributed by atoms with E-state index in [9.17, 15) is 9.59 Å². The van der Waals surface area contributed by atoms with Crippen LogP contribution in [0.5, 0.6) is 5.75 Å². The average molecular weight is 368 g/mol. The molecule has 0 saturated carbocycles. The molecule has 6 heteroatoms. The first-order chi connectivity index (χ1) is 13.1. The summed E-state index contributed by atoms with van der Waals surface area (Å²) in [7, 11) is 0. The number of rotatable bonds is 7. The molecule has 1 aromatic heterocycles. The van der Waals surface area contributed by atoms with Crippen LogP contribution in [0.2, 0.25) is 0 Å². The molecule has 140 valence electrons. The molecule has 3 rings (SSSR count). The molecule has 0 radical (unpaired) electrons. The van der Waals surface area contributed by atoms with Gasteiger partial charge in [-0.25, -0.2) is 9.59 Å². The Bertz CT molecular complexity index is 956. The zero-order valence-electron chi connectivity index (χ0n) is 15.2. The highest BCUT2D eigenvalue weighted by molar-refractivity contribution is 5.96. The second kappa shape index (κ2) is 8.40. The molecule has 1 heterocycles. The molecule has 0 spiro atoms. The molecule has 6 nitrogen and oxygen atoms in total. The molecule has 0 fully saturated rings. The summed E-state index contributed by atoms with van der Waals surface area (Å²) in [4.78, 5) is 24.2. The highest BCUT2D eigenvalue weighted by Crippen LogP contribution is 2.27. The standard InChI is InChI=1S/C21H20O6/c1-3-24-21(23)20-17(16-9-4-5-10-18(16)27-20)12-26-19(22)13-25-15-8-6-7-14(2)11-15/h4-11H,3,12-13H2,1-2H3. The van der Waals surface area contributed by atoms with Gasteiger partial charge in [-0.1, -0.05) is 30.3 Å². The minimum absolute atomic E-state index is 0.0467. The van der Waals surface area contributed by atoms with Gasteiger partial charge in [-0.2, -0.15) is 0 Å². The van der Waals surface area contributed by atoms with Crippen molar-refractivity contribution in [3.05, 3.63) is 65.4 Å². The Labute approximate surface area is 156 Å². The first-order valence-corrected chi connectivity index (χ1v) is 8.61. The van der Waals surface area contributed by atoms with E-state index in [2.05, 4.69) is 0 Å². The van der Waals surface area contributed by atoms with E-state index in [1.165, 1.54) is 0 Å². The number of benzene rings is 2. The van der Waals surface area contributed by atoms with Crippen molar-refractivity contribution in [1.29, 1.82) is 0 Å². The lowest BCUT2D eigenvalue weighted by molar-refractivity contribution is -0.147. The number of fused-ring (bicyclic) bond motifs is 1. The smallest absolute Gasteiger partial charge is 0.374 e. The molecule has 0 amide bonds. The Morgan fingerprint density at radius 1 is 1.04 bits per heavy atom. The molecule has 0 bridgehead atoms. The van der Waals surface area contributed by atoms with Gasteiger partial charge >= 0.3 is 11.9 Å². The van der Waals surface area contributed by atoms with E-state index in [0.29, 0.717) is 22.3 Å². The maximum atomic E-state index is 12.1. The molecule has 27 heavy (non-hydrogen) atoms. The van der Waals surface area contributed by atoms with Crippen LogP contribution < -0.4 is 4.74 Å². The molecule has 0 saturated heterocycles. The topological polar surface area (TPSA) is 75.0 Å². The van der Waals surface area contributed by atoms with Gasteiger partial charge in [0.25, 0.3) is 0 Å². The second-order valence-electron chi connectivity index (χ2n) is 5.89. The van der Waals surface area contributed by atoms with Gasteiger partial charge < -0.3 is 18.6 Å². The third-order valence-electron chi connectivity index (χ3n) is 3.88. The van der Waals surface area contributed by atoms with Crippen LogP contribution >= 0.6 is 0 Å². The van der Waals surface area contributed by atoms with Gasteiger partial charge in [-0.3, -0.25) is 0 Å². The fraction of sp³-hybridized carbons (Fsp3) is 0.238. The van der Waals surface area contributed by atoms with Crippen LogP contribution in [0.25, 0.3) is 11.0 Å². The third kappa shape index (κ3) is 4.47. The van der Waals surface area contributed by atoms with Gasteiger partial charge in [0.05, 0.1) is 12.2 Å². The van der Waals surface area contributed by atoms with E-state index >= 15 is 0 Å². The fourth-order valence-electron chi connectivity index (χ4n) is 2.65. The summed E-state index contributed by atoms with van der Waals surface area (Å²) in [5, 5.41) is 0.702. The highest BCUT2D eigenvalue weighted by atomic mass is 16.6. The van der Waals surface area contributed by atoms with Gasteiger partial charge in [0.2, 0.25) is 5.76 Å². The zero-order chi connectivity index (χ0) is 19.2. The van der Waals surface area contributed by atoms with Gasteiger partial charge in [-0.05, 0) is 37.6 Å². The van der Waals surface area contributed by atoms with Crippen LogP contribution in [-0.2, 0) is 20.9 Å². The highest BCUT2D eigenvalue weighted by Gasteiger charge is 2.22. The van der Waals surface area contributed by atoms with E-state index in [4.69, 9.17) is 18.6 Å². The largest absolute Gasteiger partial charge is 0.482 e. The maximum Gasteiger partial charge on any atom is 0.374 e. The molecule has 0 N–H and O–H groups in total. The lowest BCUT2D eigenvalue weighted by atomic mass is 10.1. The van der Waals surface area contributed by atoms with E-state index in [0.717, 1.165) is 5.56 Å². The number of hydrogen-bond acceptors (Lipinski definition) is 6. The first kappa shape index (κ1) is 18.5. The van der Waals surface area contributed by atoms with Crippen molar-refractivity contribution in [2.45, 2.75) is 20.5 Å². The molecule has 0 atom stereocenters. The van der Waals surface area contributed by atoms with Gasteiger partial charge in [0.1, 0.15) is 17.9 Å². The van der Waals surface area contributed by atoms with Gasteiger partial charge in [-0.15, -0.1) is 0 Å². The van der Waals surface area contributed by atoms with Crippen molar-refractivity contribution < 1.29 is 28.2 Å². The summed E-state index contributed by atoms with van der Waals surface area (Å²) in [6.45, 7) is 3.53. The predicted molar refractivity (Wildman–Crippen MR) is 98.6 cm³/mol. The lowest BCUT2D eigenvalue weighted by Gasteiger charge is -2.08. The normalized spacial score (nSPS) is 10.6. The third-order valence-corrected chi connectivity index (χ3v) is 3.88. The number of esters is 2. The van der Waals surface area contributed by atoms with E-state index in [-0.39, 0.29) is 25.6 Å². The summed E-state index contributed by atoms with van der Waals surface area (Å²) in [6.07, 6.45) is 0. The van der Waals surface area contributed by atoms with Crippen molar-refractivity contribution in [3.8, 4) is 5.75 Å². The number of para-hydroxylation sites is 1. The quantitative estimate of drug-likeness (QED) is 0.586. The fourth-order valence-corrected chi connectivity index (χ4v) is 2.65. The summed E-state index contributed by atoms with van der Waals surface area (Å²) in [5.41, 5.74) is 2.04. The van der Waals surface area contributed by atoms with Crippen LogP contribution in [0, 0.1) is 6.92 Å². The van der Waals surface area contributed by atoms with Crippen LogP contribution in [0.15, 0.2) is 52.9 Å². The monoisotopic (exact) mass is 368 g/mol. The van der Waals surface area contributed by atoms with Crippen molar-refractivity contribution in [1.82, 2.24) is 0 Å². The molecule has 0 aliphatic rings. The van der Waals surface area contributed by atoms with Crippen molar-refractivity contribution >= 4 is 22.9 Å². The lowest BCUT2D eigenvalue weighted by Crippen LogP contribution is -2.15. The summed E-state index contributed by atoms with van der Waals surface area (Å²) >= 11 is 0. The van der Waals surface area contributed by atoms with Crippen LogP contribution in [-0.4, -0.2) is 25.2 Å². The number of ether oxygens (including phenoxy) is 3. The molecule has 3 aromatic rings. The van der Waals surface area contributed by atoms with Crippen LogP contribution in [0.3, 0.4) is 0 Å². The second-order valence-corrected chi connectivity index (χ2v) is 5.89. The number of furan rings is 1. The van der Waals surface area contributed by atoms with Crippen LogP contribution in [0.1, 0.15) is 28.6 Å². The Morgan fingerprint density at radius 2 is 1.85 bits per heavy atom. The SMILES string of the molecule is CCOC(=O)c1oc2ccccc2c1COC(=O)COc1cccc(C)c1. The molecule has 0 unspecified atom stereocenters. The van der Waals surface area contributed by atoms with Crippen molar-refractivity contribution in [2.24, 2.45) is 0 Å². The van der Waals surface area contributed by atoms with Crippen LogP contribution in [0.4, 0.5) is 0 Å². The average Bonchev–Trinajstić information content (AvgIpc) is 3.04. The number of carbonyl (C=O) groups excluding carboxylic acids is 2. The Hall–Kier alpha value is -3.28. The van der Waals surface area contributed by atoms with E-state index in [1.54, 1.807) is 31.2 Å². The molecule has 2 aromatic carbocycles. The maximum absolute atomic E-state index is 12.1. The van der Waals surface area contributed by atoms with E-state index in [1.807, 2.05) is 31.2 Å². The number of aryl methyl sites for hydroxylation is 1. The molecule has 0 aliphatic heterocycles. The molecular weight excluding hydrogens is 348 g/mol. The Morgan fingerprint density at radius 3 is 2.63 bits per heavy atom. The van der Waals surface area contributed by atoms with E-state index < -0.39 is 11.9 Å². The predicted octanol–water partition coefficient (Wildman–Crippen LogP) is 4.04. The summed E-state index contributed by atoms with van der Waals surface area (Å²) in [6, 6.07) is 14.5. The van der Waals surface area contributed by atoms with Gasteiger partial charge in [0, 0.05) is 5.39 Å². The Kier molecular flexibility index (Phi) is 5.76. The summed E-state index contributed by atoms with van der Waals surface area (Å²) < 4.78 is 21.3. The van der Waals surface area contributed by atoms with Crippen molar-refractivity contribution in [2.75, 3.05) is 13.2 Å². The Balaban J connectivity index is 1.69. The number of carbonyl (C=O) groups is 2.